The molecule has 0 amide bonds. The van der Waals surface area contributed by atoms with Crippen molar-refractivity contribution in [1.82, 2.24) is 4.57 Å². The molecule has 0 radical (unpaired) electrons. The summed E-state index contributed by atoms with van der Waals surface area (Å²) in [4.78, 5) is 13.6. The Morgan fingerprint density at radius 1 is 0.962 bits per heavy atom. The van der Waals surface area contributed by atoms with Crippen LogP contribution in [0.4, 0.5) is 0 Å². The van der Waals surface area contributed by atoms with Crippen LogP contribution >= 0.6 is 0 Å². The number of ketones is 1. The Hall–Kier alpha value is -3.07. The minimum absolute atomic E-state index is 0.00435. The number of fused-ring (bicyclic) bond motifs is 2. The van der Waals surface area contributed by atoms with Crippen LogP contribution in [0.15, 0.2) is 66.9 Å². The molecule has 0 atom stereocenters. The Morgan fingerprint density at radius 2 is 1.69 bits per heavy atom. The molecule has 4 aromatic rings. The van der Waals surface area contributed by atoms with Gasteiger partial charge in [0, 0.05) is 29.2 Å². The van der Waals surface area contributed by atoms with E-state index in [1.165, 1.54) is 0 Å². The SMILES string of the molecule is CCCn1cc(C(=O)c2c(OC)ccc3ccccc23)c2ccccc21. The van der Waals surface area contributed by atoms with Crippen molar-refractivity contribution in [3.63, 3.8) is 0 Å². The summed E-state index contributed by atoms with van der Waals surface area (Å²) in [6, 6.07) is 19.9. The van der Waals surface area contributed by atoms with Gasteiger partial charge >= 0.3 is 0 Å². The lowest BCUT2D eigenvalue weighted by Gasteiger charge is -2.11. The van der Waals surface area contributed by atoms with Crippen LogP contribution < -0.4 is 4.74 Å². The fraction of sp³-hybridized carbons (Fsp3) is 0.174. The summed E-state index contributed by atoms with van der Waals surface area (Å²) in [5.74, 6) is 0.616. The summed E-state index contributed by atoms with van der Waals surface area (Å²) in [6.45, 7) is 3.03. The zero-order valence-corrected chi connectivity index (χ0v) is 15.0. The normalized spacial score (nSPS) is 11.2. The predicted molar refractivity (Wildman–Crippen MR) is 106 cm³/mol. The smallest absolute Gasteiger partial charge is 0.199 e. The van der Waals surface area contributed by atoms with E-state index < -0.39 is 0 Å². The lowest BCUT2D eigenvalue weighted by Crippen LogP contribution is -2.05. The number of rotatable bonds is 5. The summed E-state index contributed by atoms with van der Waals surface area (Å²) >= 11 is 0. The van der Waals surface area contributed by atoms with E-state index in [-0.39, 0.29) is 5.78 Å². The Balaban J connectivity index is 1.97. The number of benzene rings is 3. The molecule has 3 aromatic carbocycles. The summed E-state index contributed by atoms with van der Waals surface area (Å²) in [6.07, 6.45) is 3.00. The number of carbonyl (C=O) groups is 1. The van der Waals surface area contributed by atoms with E-state index in [9.17, 15) is 4.79 Å². The molecule has 26 heavy (non-hydrogen) atoms. The van der Waals surface area contributed by atoms with Gasteiger partial charge in [0.2, 0.25) is 0 Å². The van der Waals surface area contributed by atoms with E-state index in [0.717, 1.165) is 40.2 Å². The third-order valence-electron chi connectivity index (χ3n) is 4.84. The maximum atomic E-state index is 13.6. The highest BCUT2D eigenvalue weighted by Gasteiger charge is 2.22. The van der Waals surface area contributed by atoms with Gasteiger partial charge in [-0.05, 0) is 29.3 Å². The second-order valence-electron chi connectivity index (χ2n) is 6.45. The lowest BCUT2D eigenvalue weighted by molar-refractivity contribution is 0.103. The van der Waals surface area contributed by atoms with Gasteiger partial charge in [-0.25, -0.2) is 0 Å². The molecular formula is C23H21NO2. The van der Waals surface area contributed by atoms with Crippen LogP contribution in [0.5, 0.6) is 5.75 Å². The van der Waals surface area contributed by atoms with Crippen LogP contribution in [0.1, 0.15) is 29.3 Å². The van der Waals surface area contributed by atoms with Gasteiger partial charge in [0.25, 0.3) is 0 Å². The zero-order valence-electron chi connectivity index (χ0n) is 15.0. The van der Waals surface area contributed by atoms with Crippen molar-refractivity contribution in [2.45, 2.75) is 19.9 Å². The number of ether oxygens (including phenoxy) is 1. The second kappa shape index (κ2) is 6.68. The monoisotopic (exact) mass is 343 g/mol. The Labute approximate surface area is 152 Å². The quantitative estimate of drug-likeness (QED) is 0.452. The van der Waals surface area contributed by atoms with Gasteiger partial charge in [0.15, 0.2) is 5.78 Å². The molecule has 0 fully saturated rings. The molecule has 0 saturated carbocycles. The van der Waals surface area contributed by atoms with E-state index in [2.05, 4.69) is 17.6 Å². The van der Waals surface area contributed by atoms with Crippen molar-refractivity contribution in [3.05, 3.63) is 78.0 Å². The molecular weight excluding hydrogens is 322 g/mol. The summed E-state index contributed by atoms with van der Waals surface area (Å²) in [5.41, 5.74) is 2.45. The van der Waals surface area contributed by atoms with Gasteiger partial charge in [-0.1, -0.05) is 55.5 Å². The minimum Gasteiger partial charge on any atom is -0.496 e. The van der Waals surface area contributed by atoms with Gasteiger partial charge in [-0.2, -0.15) is 0 Å². The standard InChI is InChI=1S/C23H21NO2/c1-3-14-24-15-19(18-10-6-7-11-20(18)24)23(25)22-17-9-5-4-8-16(17)12-13-21(22)26-2/h4-13,15H,3,14H2,1-2H3. The molecule has 130 valence electrons. The van der Waals surface area contributed by atoms with Crippen molar-refractivity contribution in [1.29, 1.82) is 0 Å². The van der Waals surface area contributed by atoms with Crippen LogP contribution in [0, 0.1) is 0 Å². The molecule has 0 N–H and O–H groups in total. The maximum absolute atomic E-state index is 13.6. The number of para-hydroxylation sites is 1. The molecule has 0 spiro atoms. The molecule has 0 bridgehead atoms. The largest absolute Gasteiger partial charge is 0.496 e. The van der Waals surface area contributed by atoms with Gasteiger partial charge < -0.3 is 9.30 Å². The number of carbonyl (C=O) groups excluding carboxylic acids is 1. The highest BCUT2D eigenvalue weighted by molar-refractivity contribution is 6.22. The van der Waals surface area contributed by atoms with E-state index in [0.29, 0.717) is 11.3 Å². The first kappa shape index (κ1) is 16.4. The third-order valence-corrected chi connectivity index (χ3v) is 4.84. The number of hydrogen-bond donors (Lipinski definition) is 0. The molecule has 0 aliphatic carbocycles. The van der Waals surface area contributed by atoms with Crippen molar-refractivity contribution < 1.29 is 9.53 Å². The predicted octanol–water partition coefficient (Wildman–Crippen LogP) is 5.44. The number of nitrogens with zero attached hydrogens (tertiary/aromatic N) is 1. The molecule has 1 heterocycles. The molecule has 0 aliphatic rings. The highest BCUT2D eigenvalue weighted by atomic mass is 16.5. The fourth-order valence-electron chi connectivity index (χ4n) is 3.64. The van der Waals surface area contributed by atoms with Crippen molar-refractivity contribution in [3.8, 4) is 5.75 Å². The van der Waals surface area contributed by atoms with Crippen molar-refractivity contribution >= 4 is 27.5 Å². The number of hydrogen-bond acceptors (Lipinski definition) is 2. The topological polar surface area (TPSA) is 31.2 Å². The number of methoxy groups -OCH3 is 1. The first-order chi connectivity index (χ1) is 12.7. The van der Waals surface area contributed by atoms with Crippen molar-refractivity contribution in [2.75, 3.05) is 7.11 Å². The Kier molecular flexibility index (Phi) is 4.21. The molecule has 3 nitrogen and oxygen atoms in total. The first-order valence-electron chi connectivity index (χ1n) is 8.93. The van der Waals surface area contributed by atoms with Gasteiger partial charge in [-0.3, -0.25) is 4.79 Å². The lowest BCUT2D eigenvalue weighted by atomic mass is 9.96. The van der Waals surface area contributed by atoms with E-state index in [1.54, 1.807) is 7.11 Å². The minimum atomic E-state index is 0.00435. The maximum Gasteiger partial charge on any atom is 0.199 e. The first-order valence-corrected chi connectivity index (χ1v) is 8.93. The molecule has 0 aliphatic heterocycles. The van der Waals surface area contributed by atoms with Crippen LogP contribution in [0.2, 0.25) is 0 Å². The van der Waals surface area contributed by atoms with E-state index in [4.69, 9.17) is 4.74 Å². The average molecular weight is 343 g/mol. The number of aromatic nitrogens is 1. The van der Waals surface area contributed by atoms with E-state index in [1.807, 2.05) is 60.8 Å². The van der Waals surface area contributed by atoms with Gasteiger partial charge in [0.05, 0.1) is 12.7 Å². The summed E-state index contributed by atoms with van der Waals surface area (Å²) < 4.78 is 7.70. The molecule has 4 rings (SSSR count). The van der Waals surface area contributed by atoms with Crippen LogP contribution in [-0.4, -0.2) is 17.5 Å². The Bertz CT molecular complexity index is 1110. The molecule has 0 saturated heterocycles. The van der Waals surface area contributed by atoms with Crippen LogP contribution in [0.25, 0.3) is 21.7 Å². The van der Waals surface area contributed by atoms with Gasteiger partial charge in [0.1, 0.15) is 5.75 Å². The molecule has 1 aromatic heterocycles. The molecule has 3 heteroatoms. The van der Waals surface area contributed by atoms with Crippen LogP contribution in [0.3, 0.4) is 0 Å². The average Bonchev–Trinajstić information content (AvgIpc) is 3.05. The van der Waals surface area contributed by atoms with Gasteiger partial charge in [-0.15, -0.1) is 0 Å². The fourth-order valence-corrected chi connectivity index (χ4v) is 3.64. The van der Waals surface area contributed by atoms with Crippen LogP contribution in [-0.2, 0) is 6.54 Å². The third kappa shape index (κ3) is 2.57. The second-order valence-corrected chi connectivity index (χ2v) is 6.45. The zero-order chi connectivity index (χ0) is 18.1. The number of aryl methyl sites for hydroxylation is 1. The summed E-state index contributed by atoms with van der Waals surface area (Å²) in [7, 11) is 1.61. The summed E-state index contributed by atoms with van der Waals surface area (Å²) in [5, 5.41) is 2.94. The molecule has 0 unspecified atom stereocenters. The van der Waals surface area contributed by atoms with Crippen molar-refractivity contribution in [2.24, 2.45) is 0 Å². The highest BCUT2D eigenvalue weighted by Crippen LogP contribution is 2.32. The van der Waals surface area contributed by atoms with E-state index >= 15 is 0 Å². The Morgan fingerprint density at radius 3 is 2.46 bits per heavy atom.